The largest absolute Gasteiger partial charge is 0.376 e. The molecule has 1 atom stereocenters. The van der Waals surface area contributed by atoms with Crippen molar-refractivity contribution in [3.63, 3.8) is 0 Å². The monoisotopic (exact) mass is 468 g/mol. The van der Waals surface area contributed by atoms with E-state index >= 15 is 0 Å². The van der Waals surface area contributed by atoms with E-state index in [9.17, 15) is 13.2 Å². The van der Waals surface area contributed by atoms with Crippen LogP contribution in [0.15, 0.2) is 23.1 Å². The zero-order chi connectivity index (χ0) is 22.6. The minimum Gasteiger partial charge on any atom is -0.376 e. The van der Waals surface area contributed by atoms with E-state index in [0.717, 1.165) is 29.3 Å². The number of aromatic nitrogens is 2. The number of hydrogen-bond acceptors (Lipinski definition) is 6. The third kappa shape index (κ3) is 5.70. The van der Waals surface area contributed by atoms with Crippen LogP contribution >= 0.6 is 12.2 Å². The molecule has 0 bridgehead atoms. The maximum atomic E-state index is 12.3. The lowest BCUT2D eigenvalue weighted by atomic mass is 10.2. The van der Waals surface area contributed by atoms with Gasteiger partial charge in [-0.25, -0.2) is 17.7 Å². The fraction of sp³-hybridized carbons (Fsp3) is 0.526. The Bertz CT molecular complexity index is 1060. The third-order valence-electron chi connectivity index (χ3n) is 5.13. The second-order valence-corrected chi connectivity index (χ2v) is 10.1. The Morgan fingerprint density at radius 1 is 1.35 bits per heavy atom. The van der Waals surface area contributed by atoms with E-state index in [1.165, 1.54) is 14.1 Å². The van der Waals surface area contributed by atoms with Crippen molar-refractivity contribution < 1.29 is 17.9 Å². The van der Waals surface area contributed by atoms with Gasteiger partial charge in [0.1, 0.15) is 5.82 Å². The summed E-state index contributed by atoms with van der Waals surface area (Å²) in [6.45, 7) is 1.38. The smallest absolute Gasteiger partial charge is 0.242 e. The van der Waals surface area contributed by atoms with Crippen molar-refractivity contribution in [2.45, 2.75) is 36.7 Å². The molecule has 1 aliphatic rings. The lowest BCUT2D eigenvalue weighted by Crippen LogP contribution is -2.48. The zero-order valence-corrected chi connectivity index (χ0v) is 19.5. The standard InChI is InChI=1S/C19H28N6O4S2/c1-24(2)31(27,28)14-6-7-16-15(11-14)21-17(25(16)3)8-9-18(26)22-23-19(30)20-12-13-5-4-10-29-13/h6-7,11,13H,4-5,8-10,12H2,1-3H3,(H,22,26)(H2,20,23,30). The first-order valence-electron chi connectivity index (χ1n) is 10.0. The van der Waals surface area contributed by atoms with Crippen LogP contribution in [-0.4, -0.2) is 66.6 Å². The summed E-state index contributed by atoms with van der Waals surface area (Å²) >= 11 is 5.15. The predicted octanol–water partition coefficient (Wildman–Crippen LogP) is 0.431. The number of ether oxygens (including phenoxy) is 1. The van der Waals surface area contributed by atoms with Crippen LogP contribution in [0.1, 0.15) is 25.1 Å². The molecule has 0 aliphatic carbocycles. The summed E-state index contributed by atoms with van der Waals surface area (Å²) in [5, 5.41) is 3.35. The van der Waals surface area contributed by atoms with Crippen molar-refractivity contribution in [3.05, 3.63) is 24.0 Å². The van der Waals surface area contributed by atoms with E-state index in [1.54, 1.807) is 18.2 Å². The molecular formula is C19H28N6O4S2. The number of thiocarbonyl (C=S) groups is 1. The number of hydrogen-bond donors (Lipinski definition) is 3. The molecule has 31 heavy (non-hydrogen) atoms. The van der Waals surface area contributed by atoms with Crippen LogP contribution in [0.5, 0.6) is 0 Å². The first-order valence-corrected chi connectivity index (χ1v) is 11.9. The average molecular weight is 469 g/mol. The highest BCUT2D eigenvalue weighted by Gasteiger charge is 2.19. The van der Waals surface area contributed by atoms with Crippen LogP contribution < -0.4 is 16.2 Å². The van der Waals surface area contributed by atoms with Gasteiger partial charge in [0, 0.05) is 47.1 Å². The molecule has 1 aromatic carbocycles. The van der Waals surface area contributed by atoms with Gasteiger partial charge in [-0.2, -0.15) is 0 Å². The number of fused-ring (bicyclic) bond motifs is 1. The van der Waals surface area contributed by atoms with Gasteiger partial charge in [0.2, 0.25) is 15.9 Å². The maximum absolute atomic E-state index is 12.3. The van der Waals surface area contributed by atoms with Crippen molar-refractivity contribution in [1.82, 2.24) is 30.0 Å². The van der Waals surface area contributed by atoms with Crippen LogP contribution in [0, 0.1) is 0 Å². The Morgan fingerprint density at radius 3 is 2.81 bits per heavy atom. The number of nitrogens with one attached hydrogen (secondary N) is 3. The molecule has 170 valence electrons. The van der Waals surface area contributed by atoms with E-state index in [1.807, 2.05) is 11.6 Å². The van der Waals surface area contributed by atoms with E-state index in [4.69, 9.17) is 17.0 Å². The van der Waals surface area contributed by atoms with Gasteiger partial charge in [-0.3, -0.25) is 15.6 Å². The molecule has 0 radical (unpaired) electrons. The van der Waals surface area contributed by atoms with Crippen molar-refractivity contribution in [3.8, 4) is 0 Å². The maximum Gasteiger partial charge on any atom is 0.242 e. The molecule has 10 nitrogen and oxygen atoms in total. The highest BCUT2D eigenvalue weighted by Crippen LogP contribution is 2.21. The minimum atomic E-state index is -3.54. The first kappa shape index (κ1) is 23.4. The van der Waals surface area contributed by atoms with E-state index < -0.39 is 10.0 Å². The van der Waals surface area contributed by atoms with Gasteiger partial charge >= 0.3 is 0 Å². The van der Waals surface area contributed by atoms with Crippen LogP contribution in [0.3, 0.4) is 0 Å². The van der Waals surface area contributed by atoms with E-state index in [-0.39, 0.29) is 23.3 Å². The van der Waals surface area contributed by atoms with E-state index in [2.05, 4.69) is 21.2 Å². The Labute approximate surface area is 187 Å². The number of carbonyl (C=O) groups is 1. The molecule has 1 unspecified atom stereocenters. The van der Waals surface area contributed by atoms with Crippen LogP contribution in [0.4, 0.5) is 0 Å². The molecule has 0 saturated carbocycles. The number of carbonyl (C=O) groups excluding carboxylic acids is 1. The van der Waals surface area contributed by atoms with Gasteiger partial charge in [0.25, 0.3) is 0 Å². The number of rotatable bonds is 7. The highest BCUT2D eigenvalue weighted by atomic mass is 32.2. The summed E-state index contributed by atoms with van der Waals surface area (Å²) in [7, 11) is 1.27. The first-order chi connectivity index (χ1) is 14.7. The van der Waals surface area contributed by atoms with Gasteiger partial charge in [0.15, 0.2) is 5.11 Å². The summed E-state index contributed by atoms with van der Waals surface area (Å²) in [5.74, 6) is 0.452. The number of hydrazine groups is 1. The molecule has 1 aromatic heterocycles. The lowest BCUT2D eigenvalue weighted by Gasteiger charge is -2.14. The van der Waals surface area contributed by atoms with Crippen molar-refractivity contribution in [1.29, 1.82) is 0 Å². The fourth-order valence-electron chi connectivity index (χ4n) is 3.29. The SMILES string of the molecule is CN(C)S(=O)(=O)c1ccc2c(c1)nc(CCC(=O)NNC(=S)NCC1CCCO1)n2C. The molecule has 1 saturated heterocycles. The van der Waals surface area contributed by atoms with Gasteiger partial charge < -0.3 is 14.6 Å². The van der Waals surface area contributed by atoms with Gasteiger partial charge in [0.05, 0.1) is 22.0 Å². The summed E-state index contributed by atoms with van der Waals surface area (Å²) in [4.78, 5) is 16.9. The predicted molar refractivity (Wildman–Crippen MR) is 121 cm³/mol. The lowest BCUT2D eigenvalue weighted by molar-refractivity contribution is -0.121. The fourth-order valence-corrected chi connectivity index (χ4v) is 4.35. The molecule has 2 aromatic rings. The van der Waals surface area contributed by atoms with E-state index in [0.29, 0.717) is 29.4 Å². The number of sulfonamides is 1. The Balaban J connectivity index is 1.53. The number of amides is 1. The van der Waals surface area contributed by atoms with Gasteiger partial charge in [-0.15, -0.1) is 0 Å². The molecule has 3 N–H and O–H groups in total. The van der Waals surface area contributed by atoms with Gasteiger partial charge in [-0.05, 0) is 43.3 Å². The van der Waals surface area contributed by atoms with Crippen LogP contribution in [-0.2, 0) is 33.0 Å². The van der Waals surface area contributed by atoms with Crippen molar-refractivity contribution in [2.24, 2.45) is 7.05 Å². The van der Waals surface area contributed by atoms with Crippen LogP contribution in [0.2, 0.25) is 0 Å². The second kappa shape index (κ2) is 9.90. The molecule has 3 rings (SSSR count). The molecule has 2 heterocycles. The molecule has 1 amide bonds. The molecule has 1 fully saturated rings. The topological polar surface area (TPSA) is 118 Å². The molecule has 0 spiro atoms. The van der Waals surface area contributed by atoms with Crippen molar-refractivity contribution >= 4 is 44.3 Å². The summed E-state index contributed by atoms with van der Waals surface area (Å²) in [5.41, 5.74) is 6.62. The minimum absolute atomic E-state index is 0.154. The molecule has 12 heteroatoms. The quantitative estimate of drug-likeness (QED) is 0.396. The van der Waals surface area contributed by atoms with Crippen molar-refractivity contribution in [2.75, 3.05) is 27.2 Å². The summed E-state index contributed by atoms with van der Waals surface area (Å²) < 4.78 is 33.2. The van der Waals surface area contributed by atoms with Crippen LogP contribution in [0.25, 0.3) is 11.0 Å². The Hall–Kier alpha value is -2.28. The normalized spacial score (nSPS) is 16.6. The summed E-state index contributed by atoms with van der Waals surface area (Å²) in [6, 6.07) is 4.83. The second-order valence-electron chi connectivity index (χ2n) is 7.54. The number of nitrogens with zero attached hydrogens (tertiary/aromatic N) is 3. The number of aryl methyl sites for hydroxylation is 2. The average Bonchev–Trinajstić information content (AvgIpc) is 3.36. The third-order valence-corrected chi connectivity index (χ3v) is 7.19. The number of benzene rings is 1. The number of imidazole rings is 1. The highest BCUT2D eigenvalue weighted by molar-refractivity contribution is 7.89. The van der Waals surface area contributed by atoms with Gasteiger partial charge in [-0.1, -0.05) is 0 Å². The molecular weight excluding hydrogens is 440 g/mol. The zero-order valence-electron chi connectivity index (χ0n) is 17.8. The summed E-state index contributed by atoms with van der Waals surface area (Å²) in [6.07, 6.45) is 2.80. The Kier molecular flexibility index (Phi) is 7.46. The Morgan fingerprint density at radius 2 is 2.13 bits per heavy atom. The molecule has 1 aliphatic heterocycles.